The predicted octanol–water partition coefficient (Wildman–Crippen LogP) is 4.17. The largest absolute Gasteiger partial charge is 0.461 e. The van der Waals surface area contributed by atoms with Crippen LogP contribution in [-0.2, 0) is 27.4 Å². The van der Waals surface area contributed by atoms with Crippen LogP contribution in [0.2, 0.25) is 0 Å². The zero-order valence-corrected chi connectivity index (χ0v) is 14.0. The van der Waals surface area contributed by atoms with Gasteiger partial charge >= 0.3 is 5.97 Å². The highest BCUT2D eigenvalue weighted by Gasteiger charge is 2.10. The molecule has 0 fully saturated rings. The SMILES string of the molecule is O=C1C=C(CC(=O)OCc2cccc(Cc3ccccc3)c2)C=CC1. The van der Waals surface area contributed by atoms with E-state index in [9.17, 15) is 9.59 Å². The van der Waals surface area contributed by atoms with Gasteiger partial charge in [-0.3, -0.25) is 9.59 Å². The van der Waals surface area contributed by atoms with Crippen molar-refractivity contribution in [2.24, 2.45) is 0 Å². The smallest absolute Gasteiger partial charge is 0.310 e. The van der Waals surface area contributed by atoms with Crippen LogP contribution in [0, 0.1) is 0 Å². The van der Waals surface area contributed by atoms with E-state index in [1.165, 1.54) is 17.2 Å². The molecule has 0 heterocycles. The lowest BCUT2D eigenvalue weighted by Gasteiger charge is -2.09. The number of benzene rings is 2. The molecule has 0 spiro atoms. The van der Waals surface area contributed by atoms with E-state index in [0.717, 1.165) is 12.0 Å². The Kier molecular flexibility index (Phi) is 5.57. The molecular weight excluding hydrogens is 312 g/mol. The van der Waals surface area contributed by atoms with Crippen LogP contribution >= 0.6 is 0 Å². The maximum Gasteiger partial charge on any atom is 0.310 e. The minimum absolute atomic E-state index is 0.0268. The van der Waals surface area contributed by atoms with Gasteiger partial charge in [0.2, 0.25) is 0 Å². The van der Waals surface area contributed by atoms with Crippen molar-refractivity contribution >= 4 is 11.8 Å². The van der Waals surface area contributed by atoms with Crippen molar-refractivity contribution in [2.75, 3.05) is 0 Å². The van der Waals surface area contributed by atoms with Crippen LogP contribution < -0.4 is 0 Å². The molecule has 3 heteroatoms. The second kappa shape index (κ2) is 8.25. The summed E-state index contributed by atoms with van der Waals surface area (Å²) in [6.45, 7) is 0.242. The fraction of sp³-hybridized carbons (Fsp3) is 0.182. The summed E-state index contributed by atoms with van der Waals surface area (Å²) in [4.78, 5) is 23.3. The topological polar surface area (TPSA) is 43.4 Å². The molecule has 0 bridgehead atoms. The summed E-state index contributed by atoms with van der Waals surface area (Å²) in [5.74, 6) is -0.294. The Morgan fingerprint density at radius 3 is 2.52 bits per heavy atom. The predicted molar refractivity (Wildman–Crippen MR) is 97.0 cm³/mol. The number of rotatable bonds is 6. The third kappa shape index (κ3) is 5.28. The maximum absolute atomic E-state index is 12.0. The highest BCUT2D eigenvalue weighted by Crippen LogP contribution is 2.14. The van der Waals surface area contributed by atoms with Crippen LogP contribution in [0.4, 0.5) is 0 Å². The minimum Gasteiger partial charge on any atom is -0.461 e. The Labute approximate surface area is 147 Å². The lowest BCUT2D eigenvalue weighted by Crippen LogP contribution is -2.07. The van der Waals surface area contributed by atoms with Crippen LogP contribution in [0.3, 0.4) is 0 Å². The number of hydrogen-bond donors (Lipinski definition) is 0. The molecule has 3 nitrogen and oxygen atoms in total. The Morgan fingerprint density at radius 2 is 1.72 bits per heavy atom. The lowest BCUT2D eigenvalue weighted by molar-refractivity contribution is -0.144. The Balaban J connectivity index is 1.54. The van der Waals surface area contributed by atoms with Crippen LogP contribution in [0.15, 0.2) is 78.4 Å². The zero-order chi connectivity index (χ0) is 17.5. The van der Waals surface area contributed by atoms with E-state index in [-0.39, 0.29) is 24.8 Å². The van der Waals surface area contributed by atoms with Crippen molar-refractivity contribution < 1.29 is 14.3 Å². The number of hydrogen-bond acceptors (Lipinski definition) is 3. The van der Waals surface area contributed by atoms with E-state index in [0.29, 0.717) is 12.0 Å². The molecule has 0 atom stereocenters. The van der Waals surface area contributed by atoms with E-state index >= 15 is 0 Å². The number of ether oxygens (including phenoxy) is 1. The average molecular weight is 332 g/mol. The van der Waals surface area contributed by atoms with Gasteiger partial charge < -0.3 is 4.74 Å². The van der Waals surface area contributed by atoms with Gasteiger partial charge in [0, 0.05) is 6.42 Å². The van der Waals surface area contributed by atoms with Gasteiger partial charge in [0.1, 0.15) is 6.61 Å². The first-order valence-electron chi connectivity index (χ1n) is 8.36. The molecule has 2 aromatic rings. The molecular formula is C22H20O3. The van der Waals surface area contributed by atoms with Crippen molar-refractivity contribution in [1.29, 1.82) is 0 Å². The highest BCUT2D eigenvalue weighted by atomic mass is 16.5. The molecule has 3 rings (SSSR count). The van der Waals surface area contributed by atoms with Crippen molar-refractivity contribution in [3.05, 3.63) is 95.1 Å². The first-order chi connectivity index (χ1) is 12.2. The number of esters is 1. The van der Waals surface area contributed by atoms with Crippen LogP contribution in [0.5, 0.6) is 0 Å². The fourth-order valence-electron chi connectivity index (χ4n) is 2.79. The molecule has 126 valence electrons. The van der Waals surface area contributed by atoms with Gasteiger partial charge in [-0.05, 0) is 34.8 Å². The van der Waals surface area contributed by atoms with Crippen molar-refractivity contribution in [2.45, 2.75) is 25.9 Å². The van der Waals surface area contributed by atoms with Gasteiger partial charge in [-0.1, -0.05) is 66.7 Å². The van der Waals surface area contributed by atoms with Crippen molar-refractivity contribution in [3.63, 3.8) is 0 Å². The third-order valence-electron chi connectivity index (χ3n) is 3.99. The van der Waals surface area contributed by atoms with Gasteiger partial charge in [0.25, 0.3) is 0 Å². The Bertz CT molecular complexity index is 816. The van der Waals surface area contributed by atoms with Gasteiger partial charge in [0.15, 0.2) is 5.78 Å². The van der Waals surface area contributed by atoms with Gasteiger partial charge in [-0.15, -0.1) is 0 Å². The molecule has 25 heavy (non-hydrogen) atoms. The van der Waals surface area contributed by atoms with E-state index in [1.54, 1.807) is 6.08 Å². The Hall–Kier alpha value is -2.94. The van der Waals surface area contributed by atoms with Gasteiger partial charge in [-0.2, -0.15) is 0 Å². The molecule has 0 saturated carbocycles. The normalized spacial score (nSPS) is 13.4. The molecule has 0 amide bonds. The third-order valence-corrected chi connectivity index (χ3v) is 3.99. The van der Waals surface area contributed by atoms with Gasteiger partial charge in [0.05, 0.1) is 6.42 Å². The molecule has 0 aromatic heterocycles. The quantitative estimate of drug-likeness (QED) is 0.746. The standard InChI is InChI=1S/C22H20O3/c23-21-11-5-9-19(14-21)15-22(24)25-16-20-10-4-8-18(13-20)12-17-6-2-1-3-7-17/h1-10,13-14H,11-12,15-16H2. The van der Waals surface area contributed by atoms with Crippen molar-refractivity contribution in [1.82, 2.24) is 0 Å². The Morgan fingerprint density at radius 1 is 0.960 bits per heavy atom. The summed E-state index contributed by atoms with van der Waals surface area (Å²) in [5, 5.41) is 0. The van der Waals surface area contributed by atoms with E-state index < -0.39 is 0 Å². The number of ketones is 1. The van der Waals surface area contributed by atoms with Crippen molar-refractivity contribution in [3.8, 4) is 0 Å². The molecule has 1 aliphatic rings. The summed E-state index contributed by atoms with van der Waals surface area (Å²) in [6.07, 6.45) is 6.49. The van der Waals surface area contributed by atoms with E-state index in [1.807, 2.05) is 36.4 Å². The molecule has 0 radical (unpaired) electrons. The summed E-state index contributed by atoms with van der Waals surface area (Å²) in [6, 6.07) is 18.3. The monoisotopic (exact) mass is 332 g/mol. The molecule has 1 aliphatic carbocycles. The summed E-state index contributed by atoms with van der Waals surface area (Å²) in [5.41, 5.74) is 4.10. The molecule has 2 aromatic carbocycles. The second-order valence-electron chi connectivity index (χ2n) is 6.11. The van der Waals surface area contributed by atoms with E-state index in [4.69, 9.17) is 4.74 Å². The first kappa shape index (κ1) is 16.9. The number of allylic oxidation sites excluding steroid dienone is 3. The fourth-order valence-corrected chi connectivity index (χ4v) is 2.79. The van der Waals surface area contributed by atoms with Gasteiger partial charge in [-0.25, -0.2) is 0 Å². The maximum atomic E-state index is 12.0. The second-order valence-corrected chi connectivity index (χ2v) is 6.11. The lowest BCUT2D eigenvalue weighted by atomic mass is 10.0. The van der Waals surface area contributed by atoms with Crippen LogP contribution in [0.1, 0.15) is 29.5 Å². The average Bonchev–Trinajstić information content (AvgIpc) is 2.61. The number of carbonyl (C=O) groups is 2. The zero-order valence-electron chi connectivity index (χ0n) is 14.0. The highest BCUT2D eigenvalue weighted by molar-refractivity contribution is 5.94. The molecule has 0 aliphatic heterocycles. The molecule has 0 saturated heterocycles. The molecule has 0 N–H and O–H groups in total. The number of carbonyl (C=O) groups excluding carboxylic acids is 2. The van der Waals surface area contributed by atoms with Crippen LogP contribution in [-0.4, -0.2) is 11.8 Å². The first-order valence-corrected chi connectivity index (χ1v) is 8.36. The van der Waals surface area contributed by atoms with Crippen LogP contribution in [0.25, 0.3) is 0 Å². The summed E-state index contributed by atoms with van der Waals surface area (Å²) in [7, 11) is 0. The van der Waals surface area contributed by atoms with E-state index in [2.05, 4.69) is 24.3 Å². The summed E-state index contributed by atoms with van der Waals surface area (Å²) < 4.78 is 5.35. The molecule has 0 unspecified atom stereocenters. The minimum atomic E-state index is -0.320. The summed E-state index contributed by atoms with van der Waals surface area (Å²) >= 11 is 0.